The first kappa shape index (κ1) is 75.2. The van der Waals surface area contributed by atoms with Gasteiger partial charge in [-0.2, -0.15) is 28.1 Å². The summed E-state index contributed by atoms with van der Waals surface area (Å²) in [6.07, 6.45) is 2.47. The van der Waals surface area contributed by atoms with Gasteiger partial charge in [-0.15, -0.1) is 0 Å². The summed E-state index contributed by atoms with van der Waals surface area (Å²) in [5.41, 5.74) is 4.55. The summed E-state index contributed by atoms with van der Waals surface area (Å²) in [5, 5.41) is 29.6. The summed E-state index contributed by atoms with van der Waals surface area (Å²) < 4.78 is 52.0. The molecule has 2 aromatic carbocycles. The van der Waals surface area contributed by atoms with Gasteiger partial charge in [-0.3, -0.25) is 23.3 Å². The molecule has 0 radical (unpaired) electrons. The minimum absolute atomic E-state index is 0.113. The second-order valence-corrected chi connectivity index (χ2v) is 30.6. The second-order valence-electron chi connectivity index (χ2n) is 27.0. The van der Waals surface area contributed by atoms with Crippen LogP contribution in [0.15, 0.2) is 93.6 Å². The van der Waals surface area contributed by atoms with E-state index in [0.29, 0.717) is 94.5 Å². The van der Waals surface area contributed by atoms with Crippen molar-refractivity contribution >= 4 is 87.8 Å². The number of aliphatic hydroxyl groups excluding tert-OH is 2. The highest BCUT2D eigenvalue weighted by atomic mass is 32.1. The number of amides is 2. The van der Waals surface area contributed by atoms with Gasteiger partial charge in [0.2, 0.25) is 21.9 Å². The van der Waals surface area contributed by atoms with E-state index >= 15 is 0 Å². The van der Waals surface area contributed by atoms with Gasteiger partial charge in [0.25, 0.3) is 20.3 Å². The molecule has 0 aliphatic carbocycles. The van der Waals surface area contributed by atoms with E-state index in [2.05, 4.69) is 95.8 Å². The molecule has 6 N–H and O–H groups in total. The molecule has 0 spiro atoms. The zero-order valence-corrected chi connectivity index (χ0v) is 63.2. The van der Waals surface area contributed by atoms with Crippen LogP contribution in [0.5, 0.6) is 0 Å². The van der Waals surface area contributed by atoms with Gasteiger partial charge < -0.3 is 69.4 Å². The number of hydrogen-bond acceptors (Lipinski definition) is 29. The number of carbonyl (C=O) groups excluding carboxylic acids is 2. The minimum atomic E-state index is -1.60. The lowest BCUT2D eigenvalue weighted by atomic mass is 9.96. The number of fused-ring (bicyclic) bond motifs is 6. The third-order valence-corrected chi connectivity index (χ3v) is 24.3. The molecule has 6 bridgehead atoms. The van der Waals surface area contributed by atoms with Crippen molar-refractivity contribution in [1.29, 1.82) is 0 Å². The van der Waals surface area contributed by atoms with Crippen molar-refractivity contribution in [1.82, 2.24) is 61.4 Å². The average Bonchev–Trinajstić information content (AvgIpc) is 1.56. The topological polar surface area (TPSA) is 370 Å². The van der Waals surface area contributed by atoms with Crippen LogP contribution in [0, 0.1) is 48.1 Å². The molecule has 104 heavy (non-hydrogen) atoms. The molecule has 13 atom stereocenters. The van der Waals surface area contributed by atoms with Crippen molar-refractivity contribution in [3.05, 3.63) is 167 Å². The lowest BCUT2D eigenvalue weighted by Gasteiger charge is -2.38. The van der Waals surface area contributed by atoms with Crippen LogP contribution in [-0.2, 0) is 23.3 Å². The Balaban J connectivity index is 0.000000154. The third-order valence-electron chi connectivity index (χ3n) is 19.6. The van der Waals surface area contributed by atoms with Crippen molar-refractivity contribution in [2.24, 2.45) is 0 Å². The first-order valence-electron chi connectivity index (χ1n) is 34.3. The first-order chi connectivity index (χ1) is 49.7. The molecule has 6 aliphatic heterocycles. The maximum absolute atomic E-state index is 13.7. The van der Waals surface area contributed by atoms with Gasteiger partial charge in [-0.05, 0) is 113 Å². The third kappa shape index (κ3) is 14.3. The van der Waals surface area contributed by atoms with Crippen molar-refractivity contribution < 1.29 is 43.1 Å². The lowest BCUT2D eigenvalue weighted by Crippen LogP contribution is -2.48. The molecule has 6 aromatic heterocycles. The summed E-state index contributed by atoms with van der Waals surface area (Å²) in [7, 11) is -1.60. The van der Waals surface area contributed by atoms with Crippen LogP contribution in [0.4, 0.5) is 32.8 Å². The largest absolute Gasteiger partial charge is 0.388 e. The number of aliphatic hydroxyl groups is 2. The highest BCUT2D eigenvalue weighted by Crippen LogP contribution is 2.58. The highest BCUT2D eigenvalue weighted by Gasteiger charge is 2.68. The van der Waals surface area contributed by atoms with Crippen molar-refractivity contribution in [2.75, 3.05) is 63.9 Å². The summed E-state index contributed by atoms with van der Waals surface area (Å²) in [4.78, 5) is 99.8. The normalized spacial score (nSPS) is 25.9. The van der Waals surface area contributed by atoms with E-state index in [1.807, 2.05) is 63.5 Å². The first-order valence-corrected chi connectivity index (χ1v) is 37.7. The SMILES string of the molecule is CC[C@@]12CN(c3nc(C)ns3)[C@@H]([C@H](n3cc(C)c(N)nc3=O)O1)[C@@H]2O.CC[C@@]12CN(c3nc(C)ns3)[C@@H]([C@H](n3cc(C)c(NC(=O)c4ccccc4)nc3=O)O1)[C@@H]2O.[C-]#[N+]CCOP(O[C@H]1[C@@H]2[C@H](n3cc(C)c(NC(=O)c4ccccc4)nc3=O)O[C@@]1(CC)CN2c1nc(C)ns1)N(C(C)C)C(C)C. The fourth-order valence-corrected chi connectivity index (χ4v) is 18.3. The van der Waals surface area contributed by atoms with Crippen molar-refractivity contribution in [3.63, 3.8) is 0 Å². The quantitative estimate of drug-likeness (QED) is 0.0267. The second kappa shape index (κ2) is 30.5. The Morgan fingerprint density at radius 1 is 0.606 bits per heavy atom. The molecule has 36 heteroatoms. The Morgan fingerprint density at radius 2 is 0.981 bits per heavy atom. The molecule has 1 unspecified atom stereocenters. The zero-order chi connectivity index (χ0) is 74.4. The fourth-order valence-electron chi connectivity index (χ4n) is 14.3. The molecule has 552 valence electrons. The van der Waals surface area contributed by atoms with Crippen LogP contribution in [0.1, 0.15) is 141 Å². The van der Waals surface area contributed by atoms with Crippen molar-refractivity contribution in [2.45, 2.75) is 193 Å². The molecule has 2 amide bonds. The Labute approximate surface area is 613 Å². The zero-order valence-electron chi connectivity index (χ0n) is 59.8. The molecule has 6 saturated heterocycles. The van der Waals surface area contributed by atoms with E-state index in [1.165, 1.54) is 48.3 Å². The van der Waals surface area contributed by atoms with Gasteiger partial charge in [0, 0.05) is 93.1 Å². The van der Waals surface area contributed by atoms with E-state index < -0.39 is 97.5 Å². The van der Waals surface area contributed by atoms with E-state index in [0.717, 1.165) is 5.13 Å². The van der Waals surface area contributed by atoms with E-state index in [1.54, 1.807) is 87.9 Å². The predicted molar refractivity (Wildman–Crippen MR) is 393 cm³/mol. The Kier molecular flexibility index (Phi) is 22.1. The van der Waals surface area contributed by atoms with E-state index in [9.17, 15) is 34.2 Å². The van der Waals surface area contributed by atoms with Crippen LogP contribution >= 0.6 is 43.1 Å². The number of aryl methyl sites for hydroxylation is 6. The lowest BCUT2D eigenvalue weighted by molar-refractivity contribution is -0.106. The van der Waals surface area contributed by atoms with Gasteiger partial charge >= 0.3 is 17.1 Å². The summed E-state index contributed by atoms with van der Waals surface area (Å²) in [6, 6.07) is 16.3. The number of rotatable bonds is 21. The Bertz CT molecular complexity index is 4670. The Morgan fingerprint density at radius 3 is 1.36 bits per heavy atom. The standard InChI is InChI=1S/C31H41N8O5PS.C22H24N6O4S.C15H20N6O3S/c1-9-31-18-38(30-33-22(7)36-46-30)24(25(31)44-45(42-16-15-32-8)39(19(2)3)20(4)5)28(43-31)37-17-21(6)26(35-29(37)41)34-27(40)23-13-11-10-12-14-23;1-4-22-11-28(21-23-13(3)26-33-21)15(16(22)29)19(32-22)27-10-12(2)17(25-20(27)31)24-18(30)14-8-6-5-7-9-14;1-4-15-6-21(14-17-8(3)19-25-14)9(10(15)22)12(24-15)20-5-7(2)11(16)18-13(20)23/h10-14,17,19-20,24-25,28H,9,15-16,18H2,1-7H3,(H,34,35,40,41);5-10,15-16,19,29H,4,11H2,1-3H3,(H,24,25,30,31);5,9-10,12,22H,4,6H2,1-3H3,(H2,16,18,23)/t24-,25+,28-,31+,45?;15-,16+,19-,22+;9-,10+,12-,15+/m111/s1. The Hall–Kier alpha value is -8.50. The summed E-state index contributed by atoms with van der Waals surface area (Å²) in [6.45, 7) is 34.3. The maximum Gasteiger partial charge on any atom is 0.351 e. The van der Waals surface area contributed by atoms with Gasteiger partial charge in [-0.1, -0.05) is 57.2 Å². The number of hydrogen-bond donors (Lipinski definition) is 5. The fraction of sp³-hybridized carbons (Fsp3) is 0.515. The number of morpholine rings is 3. The van der Waals surface area contributed by atoms with Crippen LogP contribution < -0.4 is 48.1 Å². The molecule has 8 aromatic rings. The van der Waals surface area contributed by atoms with Gasteiger partial charge in [0.1, 0.15) is 94.8 Å². The molecule has 0 saturated carbocycles. The summed E-state index contributed by atoms with van der Waals surface area (Å²) >= 11 is 3.83. The van der Waals surface area contributed by atoms with Crippen LogP contribution in [0.25, 0.3) is 4.85 Å². The molecular formula is C68H85N20O12PS3. The number of nitrogens with zero attached hydrogens (tertiary/aromatic N) is 17. The van der Waals surface area contributed by atoms with E-state index in [4.69, 9.17) is 35.6 Å². The maximum atomic E-state index is 13.7. The van der Waals surface area contributed by atoms with Gasteiger partial charge in [0.15, 0.2) is 18.7 Å². The number of nitrogens with two attached hydrogens (primary N) is 1. The number of nitrogen functional groups attached to an aromatic ring is 1. The smallest absolute Gasteiger partial charge is 0.351 e. The average molecular weight is 1500 g/mol. The molecule has 6 fully saturated rings. The molecule has 14 rings (SSSR count). The predicted octanol–water partition coefficient (Wildman–Crippen LogP) is 7.31. The summed E-state index contributed by atoms with van der Waals surface area (Å²) in [5.74, 6) is 1.87. The van der Waals surface area contributed by atoms with Gasteiger partial charge in [-0.25, -0.2) is 40.6 Å². The minimum Gasteiger partial charge on any atom is -0.388 e. The number of nitrogens with one attached hydrogen (secondary N) is 2. The monoisotopic (exact) mass is 1500 g/mol. The molecule has 6 aliphatic rings. The molecule has 32 nitrogen and oxygen atoms in total. The number of anilines is 6. The van der Waals surface area contributed by atoms with Crippen LogP contribution in [-0.4, -0.2) is 182 Å². The highest BCUT2D eigenvalue weighted by molar-refractivity contribution is 7.44. The van der Waals surface area contributed by atoms with Gasteiger partial charge in [0.05, 0.1) is 19.6 Å². The van der Waals surface area contributed by atoms with Crippen LogP contribution in [0.2, 0.25) is 0 Å². The van der Waals surface area contributed by atoms with Crippen molar-refractivity contribution in [3.8, 4) is 0 Å². The number of ether oxygens (including phenoxy) is 3. The molecule has 12 heterocycles. The number of aromatic nitrogens is 12. The van der Waals surface area contributed by atoms with Crippen LogP contribution in [0.3, 0.4) is 0 Å². The van der Waals surface area contributed by atoms with E-state index in [-0.39, 0.29) is 54.5 Å². The molecular weight excluding hydrogens is 1420 g/mol. The number of benzene rings is 2. The number of carbonyl (C=O) groups is 2.